The third-order valence-electron chi connectivity index (χ3n) is 5.05. The molecule has 3 rings (SSSR count). The fourth-order valence-corrected chi connectivity index (χ4v) is 3.51. The van der Waals surface area contributed by atoms with E-state index in [9.17, 15) is 14.0 Å². The van der Waals surface area contributed by atoms with Crippen LogP contribution in [0.3, 0.4) is 0 Å². The van der Waals surface area contributed by atoms with Crippen LogP contribution < -0.4 is 5.32 Å². The highest BCUT2D eigenvalue weighted by Gasteiger charge is 2.33. The Morgan fingerprint density at radius 2 is 2.23 bits per heavy atom. The van der Waals surface area contributed by atoms with Crippen LogP contribution in [0.5, 0.6) is 0 Å². The largest absolute Gasteiger partial charge is 0.361 e. The molecule has 2 N–H and O–H groups in total. The molecule has 1 saturated heterocycles. The van der Waals surface area contributed by atoms with Gasteiger partial charge in [0.05, 0.1) is 5.92 Å². The molecule has 1 aromatic carbocycles. The maximum absolute atomic E-state index is 13.5. The highest BCUT2D eigenvalue weighted by atomic mass is 19.1. The first kappa shape index (κ1) is 18.4. The van der Waals surface area contributed by atoms with E-state index in [1.54, 1.807) is 11.0 Å². The number of unbranched alkanes of at least 4 members (excludes halogenated alkanes) is 2. The van der Waals surface area contributed by atoms with Crippen LogP contribution in [0.4, 0.5) is 4.39 Å². The van der Waals surface area contributed by atoms with Crippen molar-refractivity contribution in [3.05, 3.63) is 35.8 Å². The molecule has 5 nitrogen and oxygen atoms in total. The summed E-state index contributed by atoms with van der Waals surface area (Å²) in [5.41, 5.74) is 1.87. The van der Waals surface area contributed by atoms with Crippen LogP contribution in [-0.2, 0) is 16.0 Å². The lowest BCUT2D eigenvalue weighted by atomic mass is 10.1. The highest BCUT2D eigenvalue weighted by molar-refractivity contribution is 5.89. The summed E-state index contributed by atoms with van der Waals surface area (Å²) in [6.45, 7) is 3.81. The molecule has 2 aromatic rings. The Morgan fingerprint density at radius 3 is 3.04 bits per heavy atom. The Bertz CT molecular complexity index is 786. The Kier molecular flexibility index (Phi) is 5.91. The first-order valence-corrected chi connectivity index (χ1v) is 9.39. The number of halogens is 1. The molecular formula is C20H26FN3O2. The number of H-pyrrole nitrogens is 1. The predicted molar refractivity (Wildman–Crippen MR) is 99.2 cm³/mol. The molecule has 2 amide bonds. The molecule has 140 valence electrons. The molecule has 0 unspecified atom stereocenters. The normalized spacial score (nSPS) is 17.2. The Labute approximate surface area is 152 Å². The van der Waals surface area contributed by atoms with Crippen molar-refractivity contribution < 1.29 is 14.0 Å². The third-order valence-corrected chi connectivity index (χ3v) is 5.05. The van der Waals surface area contributed by atoms with Gasteiger partial charge in [-0.2, -0.15) is 0 Å². The van der Waals surface area contributed by atoms with Crippen molar-refractivity contribution in [1.82, 2.24) is 15.2 Å². The molecule has 6 heteroatoms. The fourth-order valence-electron chi connectivity index (χ4n) is 3.51. The van der Waals surface area contributed by atoms with Crippen LogP contribution in [-0.4, -0.2) is 41.3 Å². The van der Waals surface area contributed by atoms with Crippen molar-refractivity contribution in [3.63, 3.8) is 0 Å². The van der Waals surface area contributed by atoms with Crippen molar-refractivity contribution >= 4 is 22.7 Å². The lowest BCUT2D eigenvalue weighted by Crippen LogP contribution is -2.34. The lowest BCUT2D eigenvalue weighted by Gasteiger charge is -2.16. The second-order valence-electron chi connectivity index (χ2n) is 6.99. The number of aromatic amines is 1. The number of carbonyl (C=O) groups is 2. The molecule has 0 spiro atoms. The number of amides is 2. The third kappa shape index (κ3) is 4.23. The highest BCUT2D eigenvalue weighted by Crippen LogP contribution is 2.22. The summed E-state index contributed by atoms with van der Waals surface area (Å²) in [6.07, 6.45) is 5.97. The summed E-state index contributed by atoms with van der Waals surface area (Å²) in [7, 11) is 0. The van der Waals surface area contributed by atoms with Gasteiger partial charge in [-0.15, -0.1) is 0 Å². The van der Waals surface area contributed by atoms with Gasteiger partial charge in [0, 0.05) is 43.2 Å². The standard InChI is InChI=1S/C20H26FN3O2/c1-2-3-4-8-22-20(26)15-10-19(25)24(13-15)9-7-14-12-23-18-6-5-16(21)11-17(14)18/h5-6,11-12,15,23H,2-4,7-10,13H2,1H3,(H,22,26)/t15-/m1/s1. The van der Waals surface area contributed by atoms with E-state index >= 15 is 0 Å². The van der Waals surface area contributed by atoms with Crippen LogP contribution in [0.15, 0.2) is 24.4 Å². The fraction of sp³-hybridized carbons (Fsp3) is 0.500. The van der Waals surface area contributed by atoms with E-state index in [1.807, 2.05) is 6.20 Å². The average molecular weight is 359 g/mol. The number of aromatic nitrogens is 1. The molecule has 1 aliphatic heterocycles. The van der Waals surface area contributed by atoms with E-state index in [0.717, 1.165) is 35.7 Å². The molecule has 1 atom stereocenters. The van der Waals surface area contributed by atoms with Crippen molar-refractivity contribution in [1.29, 1.82) is 0 Å². The van der Waals surface area contributed by atoms with Gasteiger partial charge in [0.1, 0.15) is 5.82 Å². The number of benzene rings is 1. The van der Waals surface area contributed by atoms with Gasteiger partial charge in [0.25, 0.3) is 0 Å². The van der Waals surface area contributed by atoms with Crippen LogP contribution in [0.2, 0.25) is 0 Å². The van der Waals surface area contributed by atoms with Gasteiger partial charge in [-0.25, -0.2) is 4.39 Å². The molecular weight excluding hydrogens is 333 g/mol. The number of fused-ring (bicyclic) bond motifs is 1. The Hall–Kier alpha value is -2.37. The first-order chi connectivity index (χ1) is 12.6. The summed E-state index contributed by atoms with van der Waals surface area (Å²) in [5.74, 6) is -0.532. The second-order valence-corrected chi connectivity index (χ2v) is 6.99. The SMILES string of the molecule is CCCCCNC(=O)[C@@H]1CC(=O)N(CCc2c[nH]c3ccc(F)cc23)C1. The monoisotopic (exact) mass is 359 g/mol. The zero-order valence-electron chi connectivity index (χ0n) is 15.2. The summed E-state index contributed by atoms with van der Waals surface area (Å²) in [4.78, 5) is 29.3. The van der Waals surface area contributed by atoms with Gasteiger partial charge in [-0.1, -0.05) is 19.8 Å². The maximum atomic E-state index is 13.5. The van der Waals surface area contributed by atoms with E-state index in [-0.39, 0.29) is 30.0 Å². The number of carbonyl (C=O) groups excluding carboxylic acids is 2. The van der Waals surface area contributed by atoms with Crippen molar-refractivity contribution in [2.75, 3.05) is 19.6 Å². The molecule has 0 aliphatic carbocycles. The summed E-state index contributed by atoms with van der Waals surface area (Å²) < 4.78 is 13.5. The minimum atomic E-state index is -0.268. The van der Waals surface area contributed by atoms with Gasteiger partial charge in [0.2, 0.25) is 11.8 Å². The van der Waals surface area contributed by atoms with Crippen LogP contribution in [0, 0.1) is 11.7 Å². The van der Waals surface area contributed by atoms with Gasteiger partial charge >= 0.3 is 0 Å². The van der Waals surface area contributed by atoms with E-state index in [1.165, 1.54) is 12.1 Å². The maximum Gasteiger partial charge on any atom is 0.225 e. The summed E-state index contributed by atoms with van der Waals surface area (Å²) in [6, 6.07) is 4.66. The van der Waals surface area contributed by atoms with Crippen LogP contribution in [0.1, 0.15) is 38.2 Å². The second kappa shape index (κ2) is 8.34. The number of likely N-dealkylation sites (tertiary alicyclic amines) is 1. The van der Waals surface area contributed by atoms with Crippen LogP contribution >= 0.6 is 0 Å². The number of nitrogens with one attached hydrogen (secondary N) is 2. The molecule has 0 radical (unpaired) electrons. The summed E-state index contributed by atoms with van der Waals surface area (Å²) in [5, 5.41) is 3.79. The van der Waals surface area contributed by atoms with E-state index in [4.69, 9.17) is 0 Å². The van der Waals surface area contributed by atoms with Crippen LogP contribution in [0.25, 0.3) is 10.9 Å². The van der Waals surface area contributed by atoms with E-state index in [2.05, 4.69) is 17.2 Å². The molecule has 0 bridgehead atoms. The van der Waals surface area contributed by atoms with Crippen molar-refractivity contribution in [2.24, 2.45) is 5.92 Å². The quantitative estimate of drug-likeness (QED) is 0.712. The van der Waals surface area contributed by atoms with Gasteiger partial charge in [-0.3, -0.25) is 9.59 Å². The lowest BCUT2D eigenvalue weighted by molar-refractivity contribution is -0.129. The zero-order chi connectivity index (χ0) is 18.5. The Morgan fingerprint density at radius 1 is 1.38 bits per heavy atom. The van der Waals surface area contributed by atoms with Gasteiger partial charge in [-0.05, 0) is 36.6 Å². The smallest absolute Gasteiger partial charge is 0.225 e. The molecule has 2 heterocycles. The summed E-state index contributed by atoms with van der Waals surface area (Å²) >= 11 is 0. The minimum absolute atomic E-state index is 0.0183. The topological polar surface area (TPSA) is 65.2 Å². The molecule has 1 aromatic heterocycles. The number of rotatable bonds is 8. The molecule has 0 saturated carbocycles. The first-order valence-electron chi connectivity index (χ1n) is 9.39. The van der Waals surface area contributed by atoms with Gasteiger partial charge < -0.3 is 15.2 Å². The number of nitrogens with zero attached hydrogens (tertiary/aromatic N) is 1. The van der Waals surface area contributed by atoms with E-state index in [0.29, 0.717) is 26.1 Å². The zero-order valence-corrected chi connectivity index (χ0v) is 15.2. The minimum Gasteiger partial charge on any atom is -0.361 e. The molecule has 1 aliphatic rings. The number of hydrogen-bond donors (Lipinski definition) is 2. The molecule has 1 fully saturated rings. The van der Waals surface area contributed by atoms with Gasteiger partial charge in [0.15, 0.2) is 0 Å². The van der Waals surface area contributed by atoms with Crippen molar-refractivity contribution in [3.8, 4) is 0 Å². The average Bonchev–Trinajstić information content (AvgIpc) is 3.20. The number of hydrogen-bond acceptors (Lipinski definition) is 2. The van der Waals surface area contributed by atoms with E-state index < -0.39 is 0 Å². The Balaban J connectivity index is 1.53. The van der Waals surface area contributed by atoms with Crippen molar-refractivity contribution in [2.45, 2.75) is 39.0 Å². The molecule has 26 heavy (non-hydrogen) atoms. The predicted octanol–water partition coefficient (Wildman–Crippen LogP) is 3.00.